The lowest BCUT2D eigenvalue weighted by Crippen LogP contribution is -2.15. The second kappa shape index (κ2) is 6.06. The van der Waals surface area contributed by atoms with Crippen LogP contribution in [0.5, 0.6) is 0 Å². The third kappa shape index (κ3) is 3.71. The molecule has 0 saturated heterocycles. The fraction of sp³-hybridized carbons (Fsp3) is 0.200. The highest BCUT2D eigenvalue weighted by atomic mass is 16.1. The Kier molecular flexibility index (Phi) is 4.20. The Bertz CT molecular complexity index is 576. The van der Waals surface area contributed by atoms with E-state index in [-0.39, 0.29) is 12.3 Å². The first-order chi connectivity index (χ1) is 9.54. The average Bonchev–Trinajstić information content (AvgIpc) is 2.42. The molecular weight excluding hydrogens is 252 g/mol. The highest BCUT2D eigenvalue weighted by Crippen LogP contribution is 2.15. The molecule has 1 heterocycles. The molecule has 104 valence electrons. The zero-order valence-corrected chi connectivity index (χ0v) is 11.6. The van der Waals surface area contributed by atoms with E-state index < -0.39 is 0 Å². The molecule has 0 unspecified atom stereocenters. The van der Waals surface area contributed by atoms with Crippen molar-refractivity contribution in [2.45, 2.75) is 6.42 Å². The number of rotatable bonds is 4. The lowest BCUT2D eigenvalue weighted by atomic mass is 10.2. The van der Waals surface area contributed by atoms with Crippen LogP contribution in [0.4, 0.5) is 17.1 Å². The summed E-state index contributed by atoms with van der Waals surface area (Å²) in [6.07, 6.45) is 1.78. The average molecular weight is 270 g/mol. The van der Waals surface area contributed by atoms with Crippen molar-refractivity contribution < 1.29 is 4.79 Å². The van der Waals surface area contributed by atoms with E-state index in [0.717, 1.165) is 11.4 Å². The Morgan fingerprint density at radius 3 is 2.45 bits per heavy atom. The Balaban J connectivity index is 1.95. The number of hydrogen-bond donors (Lipinski definition) is 2. The number of nitrogens with zero attached hydrogens (tertiary/aromatic N) is 2. The van der Waals surface area contributed by atoms with Crippen LogP contribution in [0.2, 0.25) is 0 Å². The molecule has 0 radical (unpaired) electrons. The van der Waals surface area contributed by atoms with Gasteiger partial charge in [-0.05, 0) is 36.4 Å². The van der Waals surface area contributed by atoms with Gasteiger partial charge in [-0.15, -0.1) is 0 Å². The van der Waals surface area contributed by atoms with Crippen LogP contribution >= 0.6 is 0 Å². The van der Waals surface area contributed by atoms with Crippen molar-refractivity contribution in [1.82, 2.24) is 4.98 Å². The van der Waals surface area contributed by atoms with Gasteiger partial charge in [0.25, 0.3) is 0 Å². The third-order valence-electron chi connectivity index (χ3n) is 2.86. The Hall–Kier alpha value is -2.56. The molecule has 0 aliphatic carbocycles. The molecule has 1 aromatic heterocycles. The van der Waals surface area contributed by atoms with E-state index in [4.69, 9.17) is 5.73 Å². The topological polar surface area (TPSA) is 71.2 Å². The van der Waals surface area contributed by atoms with Gasteiger partial charge in [0, 0.05) is 31.2 Å². The van der Waals surface area contributed by atoms with Crippen LogP contribution in [-0.4, -0.2) is 25.0 Å². The lowest BCUT2D eigenvalue weighted by molar-refractivity contribution is -0.115. The number of aromatic nitrogens is 1. The predicted octanol–water partition coefficient (Wildman–Crippen LogP) is 1.91. The number of anilines is 3. The summed E-state index contributed by atoms with van der Waals surface area (Å²) in [4.78, 5) is 18.0. The van der Waals surface area contributed by atoms with E-state index in [1.807, 2.05) is 43.3 Å². The fourth-order valence-corrected chi connectivity index (χ4v) is 1.75. The van der Waals surface area contributed by atoms with Gasteiger partial charge in [-0.25, -0.2) is 0 Å². The zero-order valence-electron chi connectivity index (χ0n) is 11.6. The van der Waals surface area contributed by atoms with Gasteiger partial charge in [-0.1, -0.05) is 0 Å². The molecule has 2 aromatic rings. The molecule has 3 N–H and O–H groups in total. The Labute approximate surface area is 118 Å². The van der Waals surface area contributed by atoms with Crippen molar-refractivity contribution in [3.05, 3.63) is 48.3 Å². The highest BCUT2D eigenvalue weighted by Gasteiger charge is 2.05. The summed E-state index contributed by atoms with van der Waals surface area (Å²) >= 11 is 0. The number of nitrogens with one attached hydrogen (secondary N) is 1. The molecule has 0 aliphatic rings. The first kappa shape index (κ1) is 13.9. The van der Waals surface area contributed by atoms with Gasteiger partial charge < -0.3 is 16.0 Å². The Morgan fingerprint density at radius 2 is 1.90 bits per heavy atom. The van der Waals surface area contributed by atoms with E-state index in [1.165, 1.54) is 0 Å². The van der Waals surface area contributed by atoms with Gasteiger partial charge in [0.2, 0.25) is 5.91 Å². The summed E-state index contributed by atoms with van der Waals surface area (Å²) in [6, 6.07) is 11.2. The zero-order chi connectivity index (χ0) is 14.5. The minimum Gasteiger partial charge on any atom is -0.397 e. The molecule has 5 nitrogen and oxygen atoms in total. The van der Waals surface area contributed by atoms with Crippen LogP contribution in [0.3, 0.4) is 0 Å². The largest absolute Gasteiger partial charge is 0.397 e. The monoisotopic (exact) mass is 270 g/mol. The summed E-state index contributed by atoms with van der Waals surface area (Å²) in [5.74, 6) is -0.0973. The second-order valence-electron chi connectivity index (χ2n) is 4.75. The van der Waals surface area contributed by atoms with E-state index >= 15 is 0 Å². The molecule has 0 spiro atoms. The van der Waals surface area contributed by atoms with Crippen LogP contribution in [0.15, 0.2) is 42.6 Å². The first-order valence-electron chi connectivity index (χ1n) is 6.32. The lowest BCUT2D eigenvalue weighted by Gasteiger charge is -2.13. The molecule has 0 aliphatic heterocycles. The van der Waals surface area contributed by atoms with Gasteiger partial charge in [0.15, 0.2) is 0 Å². The van der Waals surface area contributed by atoms with Gasteiger partial charge in [0.1, 0.15) is 0 Å². The molecule has 1 amide bonds. The quantitative estimate of drug-likeness (QED) is 0.890. The molecule has 0 saturated carbocycles. The number of benzene rings is 1. The molecule has 20 heavy (non-hydrogen) atoms. The molecule has 0 bridgehead atoms. The SMILES string of the molecule is CN(C)c1ccc(NC(=O)Cc2ccc(N)cn2)cc1. The van der Waals surface area contributed by atoms with Crippen LogP contribution < -0.4 is 16.0 Å². The van der Waals surface area contributed by atoms with Crippen molar-refractivity contribution in [3.8, 4) is 0 Å². The third-order valence-corrected chi connectivity index (χ3v) is 2.86. The number of carbonyl (C=O) groups excluding carboxylic acids is 1. The van der Waals surface area contributed by atoms with Crippen molar-refractivity contribution in [1.29, 1.82) is 0 Å². The van der Waals surface area contributed by atoms with Gasteiger partial charge >= 0.3 is 0 Å². The molecule has 0 atom stereocenters. The van der Waals surface area contributed by atoms with E-state index in [9.17, 15) is 4.79 Å². The summed E-state index contributed by atoms with van der Waals surface area (Å²) in [6.45, 7) is 0. The van der Waals surface area contributed by atoms with Crippen LogP contribution in [0.1, 0.15) is 5.69 Å². The number of hydrogen-bond acceptors (Lipinski definition) is 4. The normalized spacial score (nSPS) is 10.1. The maximum Gasteiger partial charge on any atom is 0.230 e. The van der Waals surface area contributed by atoms with Crippen LogP contribution in [0, 0.1) is 0 Å². The van der Waals surface area contributed by atoms with Crippen molar-refractivity contribution >= 4 is 23.0 Å². The second-order valence-corrected chi connectivity index (χ2v) is 4.75. The Morgan fingerprint density at radius 1 is 1.20 bits per heavy atom. The van der Waals surface area contributed by atoms with Gasteiger partial charge in [0.05, 0.1) is 18.3 Å². The smallest absolute Gasteiger partial charge is 0.230 e. The van der Waals surface area contributed by atoms with Crippen molar-refractivity contribution in [3.63, 3.8) is 0 Å². The number of nitrogen functional groups attached to an aromatic ring is 1. The van der Waals surface area contributed by atoms with E-state index in [1.54, 1.807) is 18.3 Å². The number of nitrogens with two attached hydrogens (primary N) is 1. The number of pyridine rings is 1. The molecule has 0 fully saturated rings. The van der Waals surface area contributed by atoms with Gasteiger partial charge in [-0.2, -0.15) is 0 Å². The fourth-order valence-electron chi connectivity index (χ4n) is 1.75. The highest BCUT2D eigenvalue weighted by molar-refractivity contribution is 5.92. The summed E-state index contributed by atoms with van der Waals surface area (Å²) in [5.41, 5.74) is 8.70. The van der Waals surface area contributed by atoms with Crippen LogP contribution in [0.25, 0.3) is 0 Å². The maximum atomic E-state index is 11.9. The molecule has 2 rings (SSSR count). The summed E-state index contributed by atoms with van der Waals surface area (Å²) < 4.78 is 0. The van der Waals surface area contributed by atoms with E-state index in [2.05, 4.69) is 10.3 Å². The predicted molar refractivity (Wildman–Crippen MR) is 81.8 cm³/mol. The standard InChI is InChI=1S/C15H18N4O/c1-19(2)14-7-5-12(6-8-14)18-15(20)9-13-4-3-11(16)10-17-13/h3-8,10H,9,16H2,1-2H3,(H,18,20). The number of amides is 1. The van der Waals surface area contributed by atoms with Gasteiger partial charge in [-0.3, -0.25) is 9.78 Å². The number of carbonyl (C=O) groups is 1. The van der Waals surface area contributed by atoms with E-state index in [0.29, 0.717) is 11.4 Å². The first-order valence-corrected chi connectivity index (χ1v) is 6.32. The minimum atomic E-state index is -0.0973. The minimum absolute atomic E-state index is 0.0973. The summed E-state index contributed by atoms with van der Waals surface area (Å²) in [7, 11) is 3.95. The van der Waals surface area contributed by atoms with Crippen LogP contribution in [-0.2, 0) is 11.2 Å². The molecular formula is C15H18N4O. The van der Waals surface area contributed by atoms with Crippen molar-refractivity contribution in [2.24, 2.45) is 0 Å². The molecule has 5 heteroatoms. The summed E-state index contributed by atoms with van der Waals surface area (Å²) in [5, 5.41) is 2.84. The molecule has 1 aromatic carbocycles. The maximum absolute atomic E-state index is 11.9. The van der Waals surface area contributed by atoms with Crippen molar-refractivity contribution in [2.75, 3.05) is 30.0 Å².